The molecule has 1 aromatic heterocycles. The van der Waals surface area contributed by atoms with Gasteiger partial charge < -0.3 is 9.88 Å². The van der Waals surface area contributed by atoms with Crippen LogP contribution in [0.4, 0.5) is 5.69 Å². The van der Waals surface area contributed by atoms with Crippen LogP contribution in [0.5, 0.6) is 0 Å². The van der Waals surface area contributed by atoms with Crippen molar-refractivity contribution in [1.29, 1.82) is 0 Å². The number of aromatic nitrogens is 1. The average Bonchev–Trinajstić information content (AvgIpc) is 2.13. The molecule has 1 rings (SSSR count). The van der Waals surface area contributed by atoms with Gasteiger partial charge in [0, 0.05) is 19.7 Å². The molecule has 0 saturated carbocycles. The Labute approximate surface area is 76.2 Å². The van der Waals surface area contributed by atoms with E-state index in [4.69, 9.17) is 0 Å². The molecule has 1 N–H and O–H groups in total. The molecule has 1 heterocycles. The van der Waals surface area contributed by atoms with Gasteiger partial charge in [-0.2, -0.15) is 0 Å². The summed E-state index contributed by atoms with van der Waals surface area (Å²) >= 11 is 0. The molecule has 0 bridgehead atoms. The zero-order valence-electron chi connectivity index (χ0n) is 7.70. The molecule has 0 unspecified atom stereocenters. The molecule has 13 heavy (non-hydrogen) atoms. The van der Waals surface area contributed by atoms with Crippen molar-refractivity contribution in [2.24, 2.45) is 7.05 Å². The number of amides is 1. The lowest BCUT2D eigenvalue weighted by Gasteiger charge is -2.03. The highest BCUT2D eigenvalue weighted by molar-refractivity contribution is 5.90. The maximum absolute atomic E-state index is 11.4. The molecule has 0 atom stereocenters. The summed E-state index contributed by atoms with van der Waals surface area (Å²) in [6, 6.07) is 3.31. The van der Waals surface area contributed by atoms with Gasteiger partial charge in [-0.3, -0.25) is 9.59 Å². The number of rotatable bonds is 2. The molecular formula is C9H12N2O2. The van der Waals surface area contributed by atoms with Crippen molar-refractivity contribution in [1.82, 2.24) is 4.57 Å². The molecule has 1 amide bonds. The van der Waals surface area contributed by atoms with Crippen LogP contribution in [0, 0.1) is 0 Å². The zero-order valence-corrected chi connectivity index (χ0v) is 7.70. The van der Waals surface area contributed by atoms with Crippen molar-refractivity contribution < 1.29 is 4.79 Å². The first-order valence-corrected chi connectivity index (χ1v) is 4.10. The number of hydrogen-bond donors (Lipinski definition) is 1. The fourth-order valence-electron chi connectivity index (χ4n) is 0.931. The first kappa shape index (κ1) is 9.51. The van der Waals surface area contributed by atoms with Crippen LogP contribution in [0.2, 0.25) is 0 Å². The molecule has 4 nitrogen and oxygen atoms in total. The van der Waals surface area contributed by atoms with Gasteiger partial charge in [0.15, 0.2) is 0 Å². The van der Waals surface area contributed by atoms with E-state index in [1.54, 1.807) is 32.3 Å². The van der Waals surface area contributed by atoms with E-state index >= 15 is 0 Å². The topological polar surface area (TPSA) is 51.1 Å². The molecule has 0 aliphatic heterocycles. The van der Waals surface area contributed by atoms with Crippen LogP contribution in [-0.4, -0.2) is 10.5 Å². The summed E-state index contributed by atoms with van der Waals surface area (Å²) in [6.07, 6.45) is 2.02. The van der Waals surface area contributed by atoms with Crippen molar-refractivity contribution in [3.63, 3.8) is 0 Å². The van der Waals surface area contributed by atoms with Gasteiger partial charge in [-0.15, -0.1) is 0 Å². The smallest absolute Gasteiger partial charge is 0.274 e. The van der Waals surface area contributed by atoms with Crippen LogP contribution >= 0.6 is 0 Å². The number of anilines is 1. The Morgan fingerprint density at radius 1 is 1.62 bits per heavy atom. The highest BCUT2D eigenvalue weighted by atomic mass is 16.2. The van der Waals surface area contributed by atoms with Gasteiger partial charge in [-0.1, -0.05) is 6.92 Å². The Bertz CT molecular complexity index is 368. The highest BCUT2D eigenvalue weighted by Gasteiger charge is 2.02. The number of pyridine rings is 1. The normalized spacial score (nSPS) is 9.69. The maximum atomic E-state index is 11.4. The van der Waals surface area contributed by atoms with Crippen molar-refractivity contribution >= 4 is 11.6 Å². The lowest BCUT2D eigenvalue weighted by atomic mass is 10.3. The molecule has 0 spiro atoms. The van der Waals surface area contributed by atoms with Gasteiger partial charge in [0.25, 0.3) is 5.56 Å². The Balaban J connectivity index is 2.96. The van der Waals surface area contributed by atoms with Gasteiger partial charge in [-0.05, 0) is 12.1 Å². The number of carbonyl (C=O) groups is 1. The summed E-state index contributed by atoms with van der Waals surface area (Å²) in [5.41, 5.74) is 0.140. The summed E-state index contributed by atoms with van der Waals surface area (Å²) in [7, 11) is 1.64. The van der Waals surface area contributed by atoms with Gasteiger partial charge in [-0.25, -0.2) is 0 Å². The minimum atomic E-state index is -0.190. The van der Waals surface area contributed by atoms with Gasteiger partial charge >= 0.3 is 0 Å². The molecule has 1 aromatic rings. The highest BCUT2D eigenvalue weighted by Crippen LogP contribution is 1.97. The first-order valence-electron chi connectivity index (χ1n) is 4.10. The fraction of sp³-hybridized carbons (Fsp3) is 0.333. The summed E-state index contributed by atoms with van der Waals surface area (Å²) in [4.78, 5) is 22.4. The van der Waals surface area contributed by atoms with Crippen LogP contribution in [0.1, 0.15) is 13.3 Å². The van der Waals surface area contributed by atoms with Crippen molar-refractivity contribution in [2.45, 2.75) is 13.3 Å². The molecule has 0 aliphatic carbocycles. The third-order valence-corrected chi connectivity index (χ3v) is 1.72. The Morgan fingerprint density at radius 3 is 2.92 bits per heavy atom. The summed E-state index contributed by atoms with van der Waals surface area (Å²) in [5.74, 6) is -0.150. The van der Waals surface area contributed by atoms with E-state index in [1.165, 1.54) is 4.57 Å². The predicted molar refractivity (Wildman–Crippen MR) is 50.6 cm³/mol. The molecule has 70 valence electrons. The summed E-state index contributed by atoms with van der Waals surface area (Å²) in [6.45, 7) is 1.74. The maximum Gasteiger partial charge on any atom is 0.274 e. The van der Waals surface area contributed by atoms with Gasteiger partial charge in [0.05, 0.1) is 0 Å². The monoisotopic (exact) mass is 180 g/mol. The number of nitrogens with one attached hydrogen (secondary N) is 1. The second-order valence-corrected chi connectivity index (χ2v) is 2.74. The van der Waals surface area contributed by atoms with Crippen LogP contribution in [0.25, 0.3) is 0 Å². The van der Waals surface area contributed by atoms with E-state index in [-0.39, 0.29) is 11.5 Å². The van der Waals surface area contributed by atoms with E-state index in [0.717, 1.165) is 0 Å². The average molecular weight is 180 g/mol. The number of carbonyl (C=O) groups excluding carboxylic acids is 1. The zero-order chi connectivity index (χ0) is 9.84. The van der Waals surface area contributed by atoms with Crippen molar-refractivity contribution in [2.75, 3.05) is 5.32 Å². The number of nitrogens with zero attached hydrogens (tertiary/aromatic N) is 1. The lowest BCUT2D eigenvalue weighted by Crippen LogP contribution is -2.22. The van der Waals surface area contributed by atoms with Crippen molar-refractivity contribution in [3.8, 4) is 0 Å². The predicted octanol–water partition coefficient (Wildman–Crippen LogP) is 0.734. The fourth-order valence-corrected chi connectivity index (χ4v) is 0.931. The van der Waals surface area contributed by atoms with Crippen LogP contribution in [0.3, 0.4) is 0 Å². The van der Waals surface area contributed by atoms with Crippen LogP contribution < -0.4 is 10.9 Å². The number of hydrogen-bond acceptors (Lipinski definition) is 2. The van der Waals surface area contributed by atoms with E-state index in [1.807, 2.05) is 0 Å². The quantitative estimate of drug-likeness (QED) is 0.729. The Hall–Kier alpha value is -1.58. The van der Waals surface area contributed by atoms with Crippen molar-refractivity contribution in [3.05, 3.63) is 28.7 Å². The minimum Gasteiger partial charge on any atom is -0.321 e. The summed E-state index contributed by atoms with van der Waals surface area (Å²) in [5, 5.41) is 2.53. The van der Waals surface area contributed by atoms with E-state index < -0.39 is 0 Å². The number of aryl methyl sites for hydroxylation is 1. The van der Waals surface area contributed by atoms with E-state index in [0.29, 0.717) is 12.1 Å². The summed E-state index contributed by atoms with van der Waals surface area (Å²) < 4.78 is 1.42. The third kappa shape index (κ3) is 2.18. The standard InChI is InChI=1S/C9H12N2O2/c1-3-8(12)10-7-5-4-6-11(2)9(7)13/h4-6H,3H2,1-2H3,(H,10,12). The molecule has 4 heteroatoms. The largest absolute Gasteiger partial charge is 0.321 e. The second-order valence-electron chi connectivity index (χ2n) is 2.74. The third-order valence-electron chi connectivity index (χ3n) is 1.72. The van der Waals surface area contributed by atoms with E-state index in [9.17, 15) is 9.59 Å². The molecule has 0 fully saturated rings. The molecule has 0 radical (unpaired) electrons. The second kappa shape index (κ2) is 3.89. The Morgan fingerprint density at radius 2 is 2.31 bits per heavy atom. The molecule has 0 saturated heterocycles. The molecule has 0 aromatic carbocycles. The first-order chi connectivity index (χ1) is 6.15. The minimum absolute atomic E-state index is 0.150. The van der Waals surface area contributed by atoms with Gasteiger partial charge in [0.2, 0.25) is 5.91 Å². The van der Waals surface area contributed by atoms with Crippen LogP contribution in [-0.2, 0) is 11.8 Å². The lowest BCUT2D eigenvalue weighted by molar-refractivity contribution is -0.115. The molecular weight excluding hydrogens is 168 g/mol. The molecule has 0 aliphatic rings. The van der Waals surface area contributed by atoms with Gasteiger partial charge in [0.1, 0.15) is 5.69 Å². The van der Waals surface area contributed by atoms with E-state index in [2.05, 4.69) is 5.32 Å². The van der Waals surface area contributed by atoms with Crippen LogP contribution in [0.15, 0.2) is 23.1 Å². The SMILES string of the molecule is CCC(=O)Nc1cccn(C)c1=O. The Kier molecular flexibility index (Phi) is 2.84.